The summed E-state index contributed by atoms with van der Waals surface area (Å²) in [5.74, 6) is -1.10. The fourth-order valence-corrected chi connectivity index (χ4v) is 0.800. The van der Waals surface area contributed by atoms with Crippen LogP contribution < -0.4 is 5.32 Å². The Kier molecular flexibility index (Phi) is 7.45. The molecule has 80 valence electrons. The van der Waals surface area contributed by atoms with Crippen molar-refractivity contribution in [3.05, 3.63) is 12.2 Å². The molecule has 3 N–H and O–H groups in total. The van der Waals surface area contributed by atoms with Crippen LogP contribution in [0.4, 0.5) is 0 Å². The van der Waals surface area contributed by atoms with E-state index in [1.807, 2.05) is 0 Å². The van der Waals surface area contributed by atoms with Crippen molar-refractivity contribution in [1.82, 2.24) is 5.32 Å². The molecule has 0 saturated carbocycles. The Balaban J connectivity index is 3.42. The number of unbranched alkanes of at least 4 members (excludes halogenated alkanes) is 1. The molecular weight excluding hydrogens is 186 g/mol. The number of aliphatic carboxylic acids is 1. The molecule has 0 aliphatic rings. The lowest BCUT2D eigenvalue weighted by atomic mass is 10.2. The van der Waals surface area contributed by atoms with Crippen LogP contribution >= 0.6 is 0 Å². The van der Waals surface area contributed by atoms with Crippen molar-refractivity contribution in [2.24, 2.45) is 0 Å². The van der Waals surface area contributed by atoms with Gasteiger partial charge < -0.3 is 15.5 Å². The van der Waals surface area contributed by atoms with Gasteiger partial charge in [0.25, 0.3) is 0 Å². The van der Waals surface area contributed by atoms with Crippen LogP contribution in [0.3, 0.4) is 0 Å². The van der Waals surface area contributed by atoms with Gasteiger partial charge in [-0.25, -0.2) is 0 Å². The molecule has 0 atom stereocenters. The van der Waals surface area contributed by atoms with E-state index in [0.29, 0.717) is 12.8 Å². The summed E-state index contributed by atoms with van der Waals surface area (Å²) in [6.45, 7) is 0.150. The average Bonchev–Trinajstić information content (AvgIpc) is 2.13. The molecule has 0 fully saturated rings. The number of hydrogen-bond acceptors (Lipinski definition) is 3. The van der Waals surface area contributed by atoms with E-state index in [1.165, 1.54) is 6.08 Å². The Hall–Kier alpha value is -1.36. The minimum Gasteiger partial charge on any atom is -0.481 e. The highest BCUT2D eigenvalue weighted by molar-refractivity contribution is 5.87. The van der Waals surface area contributed by atoms with Gasteiger partial charge in [0.15, 0.2) is 0 Å². The Bertz CT molecular complexity index is 213. The third-order valence-electron chi connectivity index (χ3n) is 1.44. The molecule has 0 aromatic carbocycles. The summed E-state index contributed by atoms with van der Waals surface area (Å²) in [7, 11) is 0. The van der Waals surface area contributed by atoms with Gasteiger partial charge in [-0.1, -0.05) is 6.08 Å². The highest BCUT2D eigenvalue weighted by atomic mass is 16.4. The van der Waals surface area contributed by atoms with Crippen molar-refractivity contribution in [3.63, 3.8) is 0 Å². The van der Waals surface area contributed by atoms with Crippen LogP contribution in [0.2, 0.25) is 0 Å². The van der Waals surface area contributed by atoms with Crippen LogP contribution in [0.25, 0.3) is 0 Å². The van der Waals surface area contributed by atoms with Gasteiger partial charge in [-0.3, -0.25) is 9.59 Å². The molecule has 1 amide bonds. The summed E-state index contributed by atoms with van der Waals surface area (Å²) in [4.78, 5) is 21.0. The standard InChI is InChI=1S/C9H15NO4/c11-7-6-10-8(12)4-2-1-3-5-9(13)14/h2,4,11H,1,3,5-7H2,(H,10,12)(H,13,14)/b4-2+. The predicted octanol–water partition coefficient (Wildman–Crippen LogP) is -0.0940. The summed E-state index contributed by atoms with van der Waals surface area (Å²) < 4.78 is 0. The van der Waals surface area contributed by atoms with E-state index < -0.39 is 5.97 Å². The number of carboxylic acid groups (broad SMARTS) is 1. The Labute approximate surface area is 82.4 Å². The van der Waals surface area contributed by atoms with Crippen molar-refractivity contribution in [2.75, 3.05) is 13.2 Å². The number of carboxylic acids is 1. The fraction of sp³-hybridized carbons (Fsp3) is 0.556. The molecule has 0 aliphatic heterocycles. The van der Waals surface area contributed by atoms with Crippen LogP contribution in [0.5, 0.6) is 0 Å². The van der Waals surface area contributed by atoms with Gasteiger partial charge >= 0.3 is 5.97 Å². The number of rotatable bonds is 7. The number of allylic oxidation sites excluding steroid dienone is 1. The first-order valence-electron chi connectivity index (χ1n) is 4.44. The maximum absolute atomic E-state index is 10.9. The number of hydrogen-bond donors (Lipinski definition) is 3. The van der Waals surface area contributed by atoms with Crippen molar-refractivity contribution in [3.8, 4) is 0 Å². The first kappa shape index (κ1) is 12.6. The molecule has 5 nitrogen and oxygen atoms in total. The van der Waals surface area contributed by atoms with E-state index in [1.54, 1.807) is 6.08 Å². The number of carbonyl (C=O) groups excluding carboxylic acids is 1. The summed E-state index contributed by atoms with van der Waals surface area (Å²) in [6, 6.07) is 0. The molecule has 0 rings (SSSR count). The molecule has 0 bridgehead atoms. The van der Waals surface area contributed by atoms with Gasteiger partial charge in [-0.15, -0.1) is 0 Å². The average molecular weight is 201 g/mol. The molecule has 14 heavy (non-hydrogen) atoms. The monoisotopic (exact) mass is 201 g/mol. The van der Waals surface area contributed by atoms with Crippen molar-refractivity contribution >= 4 is 11.9 Å². The van der Waals surface area contributed by atoms with E-state index >= 15 is 0 Å². The molecule has 0 spiro atoms. The summed E-state index contributed by atoms with van der Waals surface area (Å²) in [5, 5.41) is 19.1. The summed E-state index contributed by atoms with van der Waals surface area (Å²) in [5.41, 5.74) is 0. The van der Waals surface area contributed by atoms with E-state index in [2.05, 4.69) is 5.32 Å². The number of aliphatic hydroxyl groups is 1. The van der Waals surface area contributed by atoms with E-state index in [0.717, 1.165) is 0 Å². The van der Waals surface area contributed by atoms with E-state index in [9.17, 15) is 9.59 Å². The number of aliphatic hydroxyl groups excluding tert-OH is 1. The summed E-state index contributed by atoms with van der Waals surface area (Å²) >= 11 is 0. The van der Waals surface area contributed by atoms with Crippen LogP contribution in [0.1, 0.15) is 19.3 Å². The largest absolute Gasteiger partial charge is 0.481 e. The second-order valence-corrected chi connectivity index (χ2v) is 2.70. The van der Waals surface area contributed by atoms with Gasteiger partial charge in [0, 0.05) is 13.0 Å². The van der Waals surface area contributed by atoms with E-state index in [-0.39, 0.29) is 25.5 Å². The van der Waals surface area contributed by atoms with Gasteiger partial charge in [0.2, 0.25) is 5.91 Å². The molecule has 5 heteroatoms. The molecule has 0 aromatic heterocycles. The molecule has 0 radical (unpaired) electrons. The maximum atomic E-state index is 10.9. The SMILES string of the molecule is O=C(O)CCC/C=C/C(=O)NCCO. The minimum absolute atomic E-state index is 0.0847. The van der Waals surface area contributed by atoms with Crippen molar-refractivity contribution in [1.29, 1.82) is 0 Å². The molecular formula is C9H15NO4. The lowest BCUT2D eigenvalue weighted by molar-refractivity contribution is -0.137. The molecule has 0 aliphatic carbocycles. The number of amides is 1. The minimum atomic E-state index is -0.830. The van der Waals surface area contributed by atoms with Crippen LogP contribution in [0.15, 0.2) is 12.2 Å². The van der Waals surface area contributed by atoms with Crippen molar-refractivity contribution < 1.29 is 19.8 Å². The first-order chi connectivity index (χ1) is 6.66. The van der Waals surface area contributed by atoms with Crippen LogP contribution in [-0.2, 0) is 9.59 Å². The van der Waals surface area contributed by atoms with Gasteiger partial charge in [0.05, 0.1) is 6.61 Å². The molecule has 0 heterocycles. The highest BCUT2D eigenvalue weighted by Gasteiger charge is 1.95. The van der Waals surface area contributed by atoms with E-state index in [4.69, 9.17) is 10.2 Å². The van der Waals surface area contributed by atoms with Gasteiger partial charge in [0.1, 0.15) is 0 Å². The zero-order chi connectivity index (χ0) is 10.8. The number of nitrogens with one attached hydrogen (secondary N) is 1. The molecule has 0 aromatic rings. The molecule has 0 saturated heterocycles. The summed E-state index contributed by atoms with van der Waals surface area (Å²) in [6.07, 6.45) is 4.17. The lowest BCUT2D eigenvalue weighted by Gasteiger charge is -1.96. The fourth-order valence-electron chi connectivity index (χ4n) is 0.800. The zero-order valence-corrected chi connectivity index (χ0v) is 7.90. The molecule has 0 unspecified atom stereocenters. The second kappa shape index (κ2) is 8.25. The second-order valence-electron chi connectivity index (χ2n) is 2.70. The topological polar surface area (TPSA) is 86.6 Å². The van der Waals surface area contributed by atoms with Gasteiger partial charge in [-0.05, 0) is 18.9 Å². The zero-order valence-electron chi connectivity index (χ0n) is 7.90. The third-order valence-corrected chi connectivity index (χ3v) is 1.44. The Morgan fingerprint density at radius 3 is 2.64 bits per heavy atom. The quantitative estimate of drug-likeness (QED) is 0.396. The smallest absolute Gasteiger partial charge is 0.303 e. The lowest BCUT2D eigenvalue weighted by Crippen LogP contribution is -2.24. The normalized spacial score (nSPS) is 10.4. The van der Waals surface area contributed by atoms with Crippen molar-refractivity contribution in [2.45, 2.75) is 19.3 Å². The first-order valence-corrected chi connectivity index (χ1v) is 4.44. The maximum Gasteiger partial charge on any atom is 0.303 e. The third kappa shape index (κ3) is 8.73. The predicted molar refractivity (Wildman–Crippen MR) is 50.7 cm³/mol. The highest BCUT2D eigenvalue weighted by Crippen LogP contribution is 1.95. The van der Waals surface area contributed by atoms with Crippen LogP contribution in [0, 0.1) is 0 Å². The van der Waals surface area contributed by atoms with Crippen LogP contribution in [-0.4, -0.2) is 35.2 Å². The Morgan fingerprint density at radius 2 is 2.07 bits per heavy atom. The number of carbonyl (C=O) groups is 2. The van der Waals surface area contributed by atoms with Gasteiger partial charge in [-0.2, -0.15) is 0 Å². The Morgan fingerprint density at radius 1 is 1.36 bits per heavy atom.